The Morgan fingerprint density at radius 2 is 2.12 bits per heavy atom. The first-order chi connectivity index (χ1) is 12.1. The molecule has 1 aliphatic rings. The van der Waals surface area contributed by atoms with E-state index >= 15 is 0 Å². The zero-order valence-electron chi connectivity index (χ0n) is 13.8. The molecule has 3 heterocycles. The van der Waals surface area contributed by atoms with Crippen LogP contribution in [-0.2, 0) is 0 Å². The Hall–Kier alpha value is -2.09. The van der Waals surface area contributed by atoms with E-state index in [9.17, 15) is 9.50 Å². The highest BCUT2D eigenvalue weighted by atomic mass is 32.1. The zero-order valence-corrected chi connectivity index (χ0v) is 14.6. The number of nitrogens with zero attached hydrogens (tertiary/aromatic N) is 3. The van der Waals surface area contributed by atoms with E-state index in [0.717, 1.165) is 35.3 Å². The van der Waals surface area contributed by atoms with Crippen molar-refractivity contribution in [3.63, 3.8) is 0 Å². The Bertz CT molecular complexity index is 896. The minimum atomic E-state index is -0.720. The van der Waals surface area contributed by atoms with E-state index in [4.69, 9.17) is 0 Å². The number of hydrogen-bond donors (Lipinski definition) is 2. The number of anilines is 1. The van der Waals surface area contributed by atoms with Crippen LogP contribution in [0, 0.1) is 5.82 Å². The number of likely N-dealkylation sites (tertiary alicyclic amines) is 1. The van der Waals surface area contributed by atoms with Crippen LogP contribution in [0.1, 0.15) is 36.9 Å². The van der Waals surface area contributed by atoms with Crippen LogP contribution in [-0.4, -0.2) is 33.1 Å². The number of fused-ring (bicyclic) bond motifs is 1. The predicted molar refractivity (Wildman–Crippen MR) is 97.0 cm³/mol. The summed E-state index contributed by atoms with van der Waals surface area (Å²) in [6, 6.07) is 8.24. The van der Waals surface area contributed by atoms with Crippen molar-refractivity contribution in [3.8, 4) is 0 Å². The summed E-state index contributed by atoms with van der Waals surface area (Å²) in [7, 11) is 0. The second-order valence-electron chi connectivity index (χ2n) is 6.25. The van der Waals surface area contributed by atoms with Crippen LogP contribution in [0.3, 0.4) is 0 Å². The van der Waals surface area contributed by atoms with Crippen molar-refractivity contribution in [2.24, 2.45) is 0 Å². The molecule has 2 aromatic heterocycles. The second kappa shape index (κ2) is 6.67. The lowest BCUT2D eigenvalue weighted by atomic mass is 10.1. The van der Waals surface area contributed by atoms with Gasteiger partial charge in [0.1, 0.15) is 11.5 Å². The summed E-state index contributed by atoms with van der Waals surface area (Å²) in [5.41, 5.74) is 2.26. The number of thiophene rings is 1. The van der Waals surface area contributed by atoms with E-state index in [1.165, 1.54) is 23.5 Å². The van der Waals surface area contributed by atoms with Crippen molar-refractivity contribution >= 4 is 27.5 Å². The van der Waals surface area contributed by atoms with Crippen molar-refractivity contribution in [1.82, 2.24) is 14.9 Å². The van der Waals surface area contributed by atoms with Crippen molar-refractivity contribution in [3.05, 3.63) is 52.8 Å². The largest absolute Gasteiger partial charge is 0.372 e. The SMILES string of the molecule is CC(Nc1nc(C(O)N2CCC2)c2sccc2n1)c1cccc(F)c1. The van der Waals surface area contributed by atoms with Gasteiger partial charge in [-0.2, -0.15) is 0 Å². The molecule has 5 nitrogen and oxygen atoms in total. The number of aliphatic hydroxyl groups excluding tert-OH is 1. The fourth-order valence-corrected chi connectivity index (χ4v) is 3.78. The fourth-order valence-electron chi connectivity index (χ4n) is 2.94. The third kappa shape index (κ3) is 3.22. The lowest BCUT2D eigenvalue weighted by Crippen LogP contribution is -2.40. The maximum absolute atomic E-state index is 13.4. The number of rotatable bonds is 5. The monoisotopic (exact) mass is 358 g/mol. The van der Waals surface area contributed by atoms with Gasteiger partial charge in [0.2, 0.25) is 5.95 Å². The lowest BCUT2D eigenvalue weighted by Gasteiger charge is -2.34. The van der Waals surface area contributed by atoms with Crippen LogP contribution in [0.25, 0.3) is 10.2 Å². The fraction of sp³-hybridized carbons (Fsp3) is 0.333. The molecule has 25 heavy (non-hydrogen) atoms. The highest BCUT2D eigenvalue weighted by Crippen LogP contribution is 2.32. The molecule has 2 atom stereocenters. The molecule has 2 N–H and O–H groups in total. The highest BCUT2D eigenvalue weighted by Gasteiger charge is 2.27. The summed E-state index contributed by atoms with van der Waals surface area (Å²) in [5, 5.41) is 15.8. The lowest BCUT2D eigenvalue weighted by molar-refractivity contribution is -0.0381. The van der Waals surface area contributed by atoms with Gasteiger partial charge in [-0.25, -0.2) is 14.4 Å². The van der Waals surface area contributed by atoms with E-state index in [1.807, 2.05) is 29.3 Å². The van der Waals surface area contributed by atoms with Gasteiger partial charge in [0.25, 0.3) is 0 Å². The molecular formula is C18H19FN4OS. The Morgan fingerprint density at radius 1 is 1.28 bits per heavy atom. The summed E-state index contributed by atoms with van der Waals surface area (Å²) >= 11 is 1.53. The number of nitrogens with one attached hydrogen (secondary N) is 1. The molecule has 3 aromatic rings. The summed E-state index contributed by atoms with van der Waals surface area (Å²) in [4.78, 5) is 11.1. The standard InChI is InChI=1S/C18H19FN4OS/c1-11(12-4-2-5-13(19)10-12)20-18-21-14-6-9-25-16(14)15(22-18)17(24)23-7-3-8-23/h2,4-6,9-11,17,24H,3,7-8H2,1H3,(H,20,21,22). The minimum Gasteiger partial charge on any atom is -0.372 e. The average Bonchev–Trinajstić information content (AvgIpc) is 3.00. The van der Waals surface area contributed by atoms with Crippen LogP contribution in [0.5, 0.6) is 0 Å². The van der Waals surface area contributed by atoms with Crippen LogP contribution in [0.2, 0.25) is 0 Å². The summed E-state index contributed by atoms with van der Waals surface area (Å²) in [6.45, 7) is 3.68. The molecule has 1 fully saturated rings. The molecular weight excluding hydrogens is 339 g/mol. The molecule has 4 rings (SSSR count). The van der Waals surface area contributed by atoms with E-state index in [1.54, 1.807) is 6.07 Å². The molecule has 2 unspecified atom stereocenters. The van der Waals surface area contributed by atoms with Crippen molar-refractivity contribution < 1.29 is 9.50 Å². The van der Waals surface area contributed by atoms with Crippen LogP contribution in [0.4, 0.5) is 10.3 Å². The van der Waals surface area contributed by atoms with Crippen molar-refractivity contribution in [2.45, 2.75) is 25.6 Å². The Labute approximate surface area is 149 Å². The molecule has 7 heteroatoms. The van der Waals surface area contributed by atoms with Gasteiger partial charge in [-0.05, 0) is 42.5 Å². The van der Waals surface area contributed by atoms with Gasteiger partial charge >= 0.3 is 0 Å². The van der Waals surface area contributed by atoms with Crippen molar-refractivity contribution in [1.29, 1.82) is 0 Å². The first-order valence-corrected chi connectivity index (χ1v) is 9.19. The topological polar surface area (TPSA) is 61.3 Å². The van der Waals surface area contributed by atoms with Gasteiger partial charge < -0.3 is 10.4 Å². The summed E-state index contributed by atoms with van der Waals surface area (Å²) in [6.07, 6.45) is 0.375. The third-order valence-electron chi connectivity index (χ3n) is 4.51. The number of aromatic nitrogens is 2. The molecule has 0 bridgehead atoms. The highest BCUT2D eigenvalue weighted by molar-refractivity contribution is 7.17. The van der Waals surface area contributed by atoms with Gasteiger partial charge in [-0.1, -0.05) is 12.1 Å². The molecule has 0 saturated carbocycles. The van der Waals surface area contributed by atoms with Gasteiger partial charge in [0.15, 0.2) is 6.23 Å². The number of aliphatic hydroxyl groups is 1. The Balaban J connectivity index is 1.65. The quantitative estimate of drug-likeness (QED) is 0.728. The number of benzene rings is 1. The first kappa shape index (κ1) is 16.4. The second-order valence-corrected chi connectivity index (χ2v) is 7.17. The molecule has 1 saturated heterocycles. The maximum atomic E-state index is 13.4. The molecule has 1 aromatic carbocycles. The Kier molecular flexibility index (Phi) is 4.37. The third-order valence-corrected chi connectivity index (χ3v) is 5.43. The van der Waals surface area contributed by atoms with Gasteiger partial charge in [-0.15, -0.1) is 11.3 Å². The van der Waals surface area contributed by atoms with Gasteiger partial charge in [0, 0.05) is 13.1 Å². The molecule has 0 spiro atoms. The van der Waals surface area contributed by atoms with E-state index < -0.39 is 6.23 Å². The van der Waals surface area contributed by atoms with Crippen molar-refractivity contribution in [2.75, 3.05) is 18.4 Å². The van der Waals surface area contributed by atoms with Gasteiger partial charge in [-0.3, -0.25) is 4.90 Å². The smallest absolute Gasteiger partial charge is 0.224 e. The van der Waals surface area contributed by atoms with E-state index in [-0.39, 0.29) is 11.9 Å². The average molecular weight is 358 g/mol. The number of halogens is 1. The summed E-state index contributed by atoms with van der Waals surface area (Å²) in [5.74, 6) is 0.173. The summed E-state index contributed by atoms with van der Waals surface area (Å²) < 4.78 is 14.3. The molecule has 1 aliphatic heterocycles. The maximum Gasteiger partial charge on any atom is 0.224 e. The Morgan fingerprint density at radius 3 is 2.84 bits per heavy atom. The molecule has 0 aliphatic carbocycles. The zero-order chi connectivity index (χ0) is 17.4. The van der Waals surface area contributed by atoms with Crippen LogP contribution in [0.15, 0.2) is 35.7 Å². The minimum absolute atomic E-state index is 0.152. The number of hydrogen-bond acceptors (Lipinski definition) is 6. The van der Waals surface area contributed by atoms with Crippen LogP contribution < -0.4 is 5.32 Å². The van der Waals surface area contributed by atoms with E-state index in [0.29, 0.717) is 11.6 Å². The predicted octanol–water partition coefficient (Wildman–Crippen LogP) is 3.70. The van der Waals surface area contributed by atoms with Crippen LogP contribution >= 0.6 is 11.3 Å². The first-order valence-electron chi connectivity index (χ1n) is 8.31. The molecule has 130 valence electrons. The van der Waals surface area contributed by atoms with Gasteiger partial charge in [0.05, 0.1) is 16.3 Å². The normalized spacial score (nSPS) is 17.2. The molecule has 0 amide bonds. The molecule has 0 radical (unpaired) electrons. The van der Waals surface area contributed by atoms with E-state index in [2.05, 4.69) is 15.3 Å².